The predicted octanol–water partition coefficient (Wildman–Crippen LogP) is 5.60. The molecule has 0 radical (unpaired) electrons. The molecule has 31 heavy (non-hydrogen) atoms. The Kier molecular flexibility index (Phi) is 5.82. The van der Waals surface area contributed by atoms with Crippen molar-refractivity contribution in [2.24, 2.45) is 0 Å². The van der Waals surface area contributed by atoms with Crippen molar-refractivity contribution >= 4 is 38.2 Å². The van der Waals surface area contributed by atoms with Crippen molar-refractivity contribution < 1.29 is 4.21 Å². The van der Waals surface area contributed by atoms with E-state index in [2.05, 4.69) is 69.2 Å². The smallest absolute Gasteiger partial charge is 0.0979 e. The Hall–Kier alpha value is -2.76. The molecule has 1 aromatic heterocycles. The van der Waals surface area contributed by atoms with Crippen LogP contribution in [0.15, 0.2) is 73.1 Å². The lowest BCUT2D eigenvalue weighted by Crippen LogP contribution is -2.36. The van der Waals surface area contributed by atoms with Crippen LogP contribution in [0.25, 0.3) is 21.5 Å². The first-order valence-electron chi connectivity index (χ1n) is 10.5. The summed E-state index contributed by atoms with van der Waals surface area (Å²) in [6, 6.07) is 20.8. The van der Waals surface area contributed by atoms with E-state index in [1.54, 1.807) is 6.20 Å². The van der Waals surface area contributed by atoms with Crippen molar-refractivity contribution in [2.45, 2.75) is 31.6 Å². The van der Waals surface area contributed by atoms with Gasteiger partial charge in [0, 0.05) is 37.7 Å². The highest BCUT2D eigenvalue weighted by atomic mass is 32.2. The van der Waals surface area contributed by atoms with E-state index >= 15 is 0 Å². The fourth-order valence-electron chi connectivity index (χ4n) is 3.93. The number of rotatable bonds is 5. The van der Waals surface area contributed by atoms with Crippen LogP contribution >= 0.6 is 0 Å². The predicted molar refractivity (Wildman–Crippen MR) is 133 cm³/mol. The molecule has 3 aromatic carbocycles. The summed E-state index contributed by atoms with van der Waals surface area (Å²) in [5, 5.41) is 4.73. The summed E-state index contributed by atoms with van der Waals surface area (Å²) in [5.74, 6) is 0. The first-order chi connectivity index (χ1) is 14.8. The number of hydrogen-bond acceptors (Lipinski definition) is 3. The van der Waals surface area contributed by atoms with Crippen LogP contribution in [0.1, 0.15) is 37.9 Å². The molecule has 5 heteroatoms. The molecule has 0 spiro atoms. The zero-order chi connectivity index (χ0) is 22.2. The molecule has 0 aliphatic rings. The van der Waals surface area contributed by atoms with Crippen LogP contribution in [0.4, 0.5) is 5.69 Å². The zero-order valence-electron chi connectivity index (χ0n) is 18.7. The van der Waals surface area contributed by atoms with E-state index < -0.39 is 15.7 Å². The van der Waals surface area contributed by atoms with Gasteiger partial charge in [0.05, 0.1) is 21.8 Å². The monoisotopic (exact) mass is 431 g/mol. The first-order valence-corrected chi connectivity index (χ1v) is 11.6. The van der Waals surface area contributed by atoms with E-state index in [1.165, 1.54) is 16.2 Å². The van der Waals surface area contributed by atoms with Crippen molar-refractivity contribution in [3.63, 3.8) is 0 Å². The van der Waals surface area contributed by atoms with Gasteiger partial charge in [-0.3, -0.25) is 4.98 Å². The third-order valence-electron chi connectivity index (χ3n) is 5.51. The van der Waals surface area contributed by atoms with Crippen molar-refractivity contribution in [2.75, 3.05) is 19.0 Å². The molecule has 0 bridgehead atoms. The van der Waals surface area contributed by atoms with Gasteiger partial charge in [-0.1, -0.05) is 48.5 Å². The molecule has 0 saturated heterocycles. The number of aromatic nitrogens is 1. The van der Waals surface area contributed by atoms with Gasteiger partial charge in [-0.25, -0.2) is 8.93 Å². The van der Waals surface area contributed by atoms with E-state index in [0.717, 1.165) is 22.2 Å². The summed E-state index contributed by atoms with van der Waals surface area (Å²) in [7, 11) is 2.78. The molecule has 4 aromatic rings. The van der Waals surface area contributed by atoms with Gasteiger partial charge in [-0.15, -0.1) is 0 Å². The van der Waals surface area contributed by atoms with Crippen LogP contribution in [0.5, 0.6) is 0 Å². The fourth-order valence-corrected chi connectivity index (χ4v) is 4.75. The van der Waals surface area contributed by atoms with Gasteiger partial charge < -0.3 is 4.90 Å². The van der Waals surface area contributed by atoms with Gasteiger partial charge in [0.1, 0.15) is 0 Å². The Labute approximate surface area is 186 Å². The van der Waals surface area contributed by atoms with Crippen molar-refractivity contribution in [3.05, 3.63) is 84.2 Å². The highest BCUT2D eigenvalue weighted by molar-refractivity contribution is 7.84. The molecule has 0 aliphatic heterocycles. The molecule has 160 valence electrons. The van der Waals surface area contributed by atoms with E-state index in [1.807, 2.05) is 47.1 Å². The van der Waals surface area contributed by atoms with Gasteiger partial charge >= 0.3 is 0 Å². The molecule has 2 atom stereocenters. The third kappa shape index (κ3) is 4.21. The quantitative estimate of drug-likeness (QED) is 0.419. The Balaban J connectivity index is 2.02. The number of nitrogens with zero attached hydrogens (tertiary/aromatic N) is 2. The maximum Gasteiger partial charge on any atom is 0.0979 e. The van der Waals surface area contributed by atoms with Crippen LogP contribution in [-0.2, 0) is 11.0 Å². The Bertz CT molecular complexity index is 1260. The van der Waals surface area contributed by atoms with E-state index in [9.17, 15) is 4.21 Å². The van der Waals surface area contributed by atoms with Gasteiger partial charge in [0.25, 0.3) is 0 Å². The normalized spacial score (nSPS) is 14.0. The molecule has 1 heterocycles. The molecule has 0 fully saturated rings. The molecule has 0 aliphatic carbocycles. The second-order valence-electron chi connectivity index (χ2n) is 8.99. The van der Waals surface area contributed by atoms with E-state index in [4.69, 9.17) is 0 Å². The third-order valence-corrected chi connectivity index (χ3v) is 7.07. The van der Waals surface area contributed by atoms with Crippen LogP contribution in [0.2, 0.25) is 0 Å². The minimum absolute atomic E-state index is 0.277. The summed E-state index contributed by atoms with van der Waals surface area (Å²) in [4.78, 5) is 6.50. The van der Waals surface area contributed by atoms with E-state index in [-0.39, 0.29) is 6.04 Å². The minimum atomic E-state index is -1.26. The SMILES string of the molecule is CN(C)c1ccncc1[C@@H](NS(=O)C(C)(C)C)c1cc2ccccc2c2ccccc12. The van der Waals surface area contributed by atoms with Crippen molar-refractivity contribution in [1.29, 1.82) is 0 Å². The lowest BCUT2D eigenvalue weighted by atomic mass is 9.90. The summed E-state index contributed by atoms with van der Waals surface area (Å²) in [6.07, 6.45) is 3.69. The Morgan fingerprint density at radius 3 is 2.23 bits per heavy atom. The zero-order valence-corrected chi connectivity index (χ0v) is 19.5. The summed E-state index contributed by atoms with van der Waals surface area (Å²) >= 11 is 0. The Morgan fingerprint density at radius 1 is 0.903 bits per heavy atom. The molecule has 4 rings (SSSR count). The average molecular weight is 432 g/mol. The molecular weight excluding hydrogens is 402 g/mol. The fraction of sp³-hybridized carbons (Fsp3) is 0.269. The van der Waals surface area contributed by atoms with Crippen molar-refractivity contribution in [3.8, 4) is 0 Å². The van der Waals surface area contributed by atoms with Gasteiger partial charge in [-0.05, 0) is 60.0 Å². The van der Waals surface area contributed by atoms with Gasteiger partial charge in [-0.2, -0.15) is 0 Å². The number of anilines is 1. The number of pyridine rings is 1. The maximum atomic E-state index is 13.3. The molecule has 4 nitrogen and oxygen atoms in total. The van der Waals surface area contributed by atoms with Gasteiger partial charge in [0.15, 0.2) is 0 Å². The molecule has 0 saturated carbocycles. The molecule has 0 amide bonds. The van der Waals surface area contributed by atoms with Crippen LogP contribution in [0.3, 0.4) is 0 Å². The summed E-state index contributed by atoms with van der Waals surface area (Å²) in [5.41, 5.74) is 3.16. The molecule has 1 N–H and O–H groups in total. The second kappa shape index (κ2) is 8.40. The Morgan fingerprint density at radius 2 is 1.55 bits per heavy atom. The number of hydrogen-bond donors (Lipinski definition) is 1. The molecular formula is C26H29N3OS. The van der Waals surface area contributed by atoms with Crippen LogP contribution in [-0.4, -0.2) is 28.0 Å². The number of benzene rings is 3. The highest BCUT2D eigenvalue weighted by Gasteiger charge is 2.28. The van der Waals surface area contributed by atoms with Gasteiger partial charge in [0.2, 0.25) is 0 Å². The number of nitrogens with one attached hydrogen (secondary N) is 1. The molecule has 1 unspecified atom stereocenters. The maximum absolute atomic E-state index is 13.3. The second-order valence-corrected chi connectivity index (χ2v) is 11.0. The minimum Gasteiger partial charge on any atom is -0.377 e. The number of fused-ring (bicyclic) bond motifs is 3. The highest BCUT2D eigenvalue weighted by Crippen LogP contribution is 2.37. The topological polar surface area (TPSA) is 45.2 Å². The summed E-state index contributed by atoms with van der Waals surface area (Å²) in [6.45, 7) is 5.96. The standard InChI is InChI=1S/C26H29N3OS/c1-26(2,3)31(30)28-25(23-17-27-15-14-24(23)29(4)5)22-16-18-10-6-7-11-19(18)20-12-8-9-13-21(20)22/h6-17,25,28H,1-5H3/t25-,31?/m0/s1. The lowest BCUT2D eigenvalue weighted by molar-refractivity contribution is 0.624. The average Bonchev–Trinajstić information content (AvgIpc) is 2.76. The van der Waals surface area contributed by atoms with Crippen molar-refractivity contribution in [1.82, 2.24) is 9.71 Å². The first kappa shape index (κ1) is 21.5. The van der Waals surface area contributed by atoms with E-state index in [0.29, 0.717) is 0 Å². The largest absolute Gasteiger partial charge is 0.377 e. The van der Waals surface area contributed by atoms with Crippen LogP contribution in [0, 0.1) is 0 Å². The summed E-state index contributed by atoms with van der Waals surface area (Å²) < 4.78 is 16.3. The lowest BCUT2D eigenvalue weighted by Gasteiger charge is -2.29. The van der Waals surface area contributed by atoms with Crippen LogP contribution < -0.4 is 9.62 Å².